The fourth-order valence-electron chi connectivity index (χ4n) is 3.97. The van der Waals surface area contributed by atoms with Crippen LogP contribution < -0.4 is 11.1 Å². The summed E-state index contributed by atoms with van der Waals surface area (Å²) in [6.07, 6.45) is 7.06. The highest BCUT2D eigenvalue weighted by Crippen LogP contribution is 2.41. The third kappa shape index (κ3) is 4.20. The molecule has 4 rings (SSSR count). The molecule has 0 saturated heterocycles. The molecule has 0 bridgehead atoms. The van der Waals surface area contributed by atoms with Crippen molar-refractivity contribution in [2.75, 3.05) is 24.3 Å². The number of hydrogen-bond donors (Lipinski definition) is 3. The Morgan fingerprint density at radius 1 is 1.34 bits per heavy atom. The van der Waals surface area contributed by atoms with Crippen LogP contribution in [0.5, 0.6) is 5.75 Å². The maximum absolute atomic E-state index is 11.4. The van der Waals surface area contributed by atoms with Crippen molar-refractivity contribution in [1.29, 1.82) is 0 Å². The number of aromatic hydroxyl groups is 1. The van der Waals surface area contributed by atoms with Gasteiger partial charge in [0.15, 0.2) is 0 Å². The SMILES string of the molecule is CS(=O)(=O)CCN[C@H]1CCC2=C1CCC=C2c1noc(-c2ccc(O)c(N)c2)n1. The van der Waals surface area contributed by atoms with E-state index in [1.54, 1.807) is 12.1 Å². The molecule has 0 spiro atoms. The first-order chi connectivity index (χ1) is 13.8. The summed E-state index contributed by atoms with van der Waals surface area (Å²) >= 11 is 0. The first kappa shape index (κ1) is 19.7. The summed E-state index contributed by atoms with van der Waals surface area (Å²) in [5.74, 6) is 1.04. The number of rotatable bonds is 6. The molecule has 1 atom stereocenters. The second kappa shape index (κ2) is 7.64. The average Bonchev–Trinajstić information content (AvgIpc) is 3.30. The largest absolute Gasteiger partial charge is 0.506 e. The minimum absolute atomic E-state index is 0.0126. The molecule has 4 N–H and O–H groups in total. The van der Waals surface area contributed by atoms with Crippen LogP contribution in [-0.2, 0) is 9.84 Å². The van der Waals surface area contributed by atoms with E-state index in [1.807, 2.05) is 0 Å². The summed E-state index contributed by atoms with van der Waals surface area (Å²) < 4.78 is 28.2. The Bertz CT molecular complexity index is 1100. The van der Waals surface area contributed by atoms with Gasteiger partial charge in [0, 0.05) is 30.0 Å². The van der Waals surface area contributed by atoms with Gasteiger partial charge in [-0.05, 0) is 55.0 Å². The number of nitrogens with one attached hydrogen (secondary N) is 1. The van der Waals surface area contributed by atoms with Gasteiger partial charge in [0.2, 0.25) is 5.82 Å². The van der Waals surface area contributed by atoms with Gasteiger partial charge in [0.25, 0.3) is 5.89 Å². The van der Waals surface area contributed by atoms with Crippen LogP contribution in [0.15, 0.2) is 39.9 Å². The number of phenols is 1. The van der Waals surface area contributed by atoms with Crippen molar-refractivity contribution < 1.29 is 18.0 Å². The van der Waals surface area contributed by atoms with Crippen molar-refractivity contribution >= 4 is 21.1 Å². The molecular formula is C20H24N4O4S. The fraction of sp³-hybridized carbons (Fsp3) is 0.400. The maximum atomic E-state index is 11.4. The Morgan fingerprint density at radius 2 is 2.17 bits per heavy atom. The van der Waals surface area contributed by atoms with Gasteiger partial charge in [0.1, 0.15) is 15.6 Å². The van der Waals surface area contributed by atoms with E-state index in [0.29, 0.717) is 23.8 Å². The second-order valence-corrected chi connectivity index (χ2v) is 9.79. The summed E-state index contributed by atoms with van der Waals surface area (Å²) in [6.45, 7) is 0.452. The van der Waals surface area contributed by atoms with Crippen LogP contribution in [-0.4, -0.2) is 48.3 Å². The molecule has 29 heavy (non-hydrogen) atoms. The molecule has 2 aliphatic rings. The highest BCUT2D eigenvalue weighted by atomic mass is 32.2. The Morgan fingerprint density at radius 3 is 2.93 bits per heavy atom. The monoisotopic (exact) mass is 416 g/mol. The molecule has 2 aliphatic carbocycles. The molecule has 1 heterocycles. The van der Waals surface area contributed by atoms with Crippen molar-refractivity contribution in [3.05, 3.63) is 41.2 Å². The molecule has 8 nitrogen and oxygen atoms in total. The molecule has 9 heteroatoms. The smallest absolute Gasteiger partial charge is 0.258 e. The highest BCUT2D eigenvalue weighted by Gasteiger charge is 2.31. The number of nitrogens with zero attached hydrogens (tertiary/aromatic N) is 2. The van der Waals surface area contributed by atoms with Crippen LogP contribution in [0.2, 0.25) is 0 Å². The summed E-state index contributed by atoms with van der Waals surface area (Å²) in [5.41, 5.74) is 10.2. The molecule has 154 valence electrons. The highest BCUT2D eigenvalue weighted by molar-refractivity contribution is 7.90. The number of hydrogen-bond acceptors (Lipinski definition) is 8. The molecular weight excluding hydrogens is 392 g/mol. The first-order valence-electron chi connectivity index (χ1n) is 9.58. The van der Waals surface area contributed by atoms with Crippen LogP contribution in [0.3, 0.4) is 0 Å². The predicted octanol–water partition coefficient (Wildman–Crippen LogP) is 2.29. The van der Waals surface area contributed by atoms with E-state index in [9.17, 15) is 13.5 Å². The lowest BCUT2D eigenvalue weighted by Crippen LogP contribution is -2.33. The van der Waals surface area contributed by atoms with Crippen molar-refractivity contribution in [3.63, 3.8) is 0 Å². The number of phenolic OH excluding ortho intramolecular Hbond substituents is 1. The van der Waals surface area contributed by atoms with Gasteiger partial charge in [-0.1, -0.05) is 11.2 Å². The van der Waals surface area contributed by atoms with Crippen LogP contribution >= 0.6 is 0 Å². The molecule has 0 radical (unpaired) electrons. The van der Waals surface area contributed by atoms with Crippen molar-refractivity contribution in [2.24, 2.45) is 0 Å². The molecule has 0 amide bonds. The van der Waals surface area contributed by atoms with Gasteiger partial charge in [-0.15, -0.1) is 0 Å². The molecule has 0 unspecified atom stereocenters. The van der Waals surface area contributed by atoms with Crippen molar-refractivity contribution in [2.45, 2.75) is 31.7 Å². The van der Waals surface area contributed by atoms with Gasteiger partial charge < -0.3 is 20.7 Å². The third-order valence-corrected chi connectivity index (χ3v) is 6.33. The first-order valence-corrected chi connectivity index (χ1v) is 11.6. The number of nitrogens with two attached hydrogens (primary N) is 1. The molecule has 0 saturated carbocycles. The Balaban J connectivity index is 1.54. The number of anilines is 1. The lowest BCUT2D eigenvalue weighted by Gasteiger charge is -2.20. The molecule has 1 aromatic heterocycles. The van der Waals surface area contributed by atoms with Crippen LogP contribution in [0.1, 0.15) is 31.5 Å². The van der Waals surface area contributed by atoms with Crippen LogP contribution in [0.25, 0.3) is 17.0 Å². The third-order valence-electron chi connectivity index (χ3n) is 5.38. The number of allylic oxidation sites excluding steroid dienone is 3. The van der Waals surface area contributed by atoms with E-state index in [2.05, 4.69) is 21.5 Å². The molecule has 0 aliphatic heterocycles. The van der Waals surface area contributed by atoms with E-state index in [-0.39, 0.29) is 23.2 Å². The zero-order valence-electron chi connectivity index (χ0n) is 16.2. The van der Waals surface area contributed by atoms with E-state index in [0.717, 1.165) is 31.3 Å². The Labute approximate surface area is 169 Å². The molecule has 2 aromatic rings. The summed E-state index contributed by atoms with van der Waals surface area (Å²) in [5, 5.41) is 17.1. The Kier molecular flexibility index (Phi) is 5.18. The summed E-state index contributed by atoms with van der Waals surface area (Å²) in [7, 11) is -2.98. The van der Waals surface area contributed by atoms with Crippen LogP contribution in [0, 0.1) is 0 Å². The van der Waals surface area contributed by atoms with Crippen molar-refractivity contribution in [3.8, 4) is 17.2 Å². The van der Waals surface area contributed by atoms with Gasteiger partial charge >= 0.3 is 0 Å². The van der Waals surface area contributed by atoms with Crippen LogP contribution in [0.4, 0.5) is 5.69 Å². The van der Waals surface area contributed by atoms with E-state index in [4.69, 9.17) is 10.3 Å². The molecule has 1 aromatic carbocycles. The van der Waals surface area contributed by atoms with E-state index >= 15 is 0 Å². The minimum Gasteiger partial charge on any atom is -0.506 e. The number of sulfone groups is 1. The van der Waals surface area contributed by atoms with Gasteiger partial charge in [-0.3, -0.25) is 0 Å². The summed E-state index contributed by atoms with van der Waals surface area (Å²) in [4.78, 5) is 4.54. The van der Waals surface area contributed by atoms with E-state index in [1.165, 1.54) is 23.5 Å². The Hall–Kier alpha value is -2.65. The lowest BCUT2D eigenvalue weighted by molar-refractivity contribution is 0.428. The normalized spacial score (nSPS) is 19.3. The quantitative estimate of drug-likeness (QED) is 0.483. The number of aromatic nitrogens is 2. The van der Waals surface area contributed by atoms with Gasteiger partial charge in [-0.2, -0.15) is 4.98 Å². The number of nitrogen functional groups attached to an aromatic ring is 1. The number of benzene rings is 1. The maximum Gasteiger partial charge on any atom is 0.258 e. The zero-order chi connectivity index (χ0) is 20.6. The minimum atomic E-state index is -2.98. The summed E-state index contributed by atoms with van der Waals surface area (Å²) in [6, 6.07) is 4.97. The van der Waals surface area contributed by atoms with Gasteiger partial charge in [0.05, 0.1) is 11.4 Å². The second-order valence-electron chi connectivity index (χ2n) is 7.53. The lowest BCUT2D eigenvalue weighted by atomic mass is 9.91. The zero-order valence-corrected chi connectivity index (χ0v) is 17.0. The topological polar surface area (TPSA) is 131 Å². The fourth-order valence-corrected chi connectivity index (χ4v) is 4.46. The standard InChI is InChI=1S/C20H24N4O4S/c1-29(26,27)10-9-22-17-7-6-13-14(17)3-2-4-15(13)19-23-20(28-24-19)12-5-8-18(25)16(21)11-12/h4-5,8,11,17,22,25H,2-3,6-7,9-10,21H2,1H3/t17-/m0/s1. The average molecular weight is 417 g/mol. The van der Waals surface area contributed by atoms with E-state index < -0.39 is 9.84 Å². The molecule has 0 fully saturated rings. The van der Waals surface area contributed by atoms with Crippen molar-refractivity contribution in [1.82, 2.24) is 15.5 Å². The van der Waals surface area contributed by atoms with Gasteiger partial charge in [-0.25, -0.2) is 8.42 Å². The predicted molar refractivity (Wildman–Crippen MR) is 111 cm³/mol.